The van der Waals surface area contributed by atoms with Crippen LogP contribution in [0.4, 0.5) is 0 Å². The quantitative estimate of drug-likeness (QED) is 0.792. The average Bonchev–Trinajstić information content (AvgIpc) is 2.34. The number of nitrogens with zero attached hydrogens (tertiary/aromatic N) is 2. The van der Waals surface area contributed by atoms with Crippen molar-refractivity contribution in [1.29, 1.82) is 0 Å². The summed E-state index contributed by atoms with van der Waals surface area (Å²) in [6.45, 7) is 10.1. The minimum atomic E-state index is -0.401. The zero-order valence-electron chi connectivity index (χ0n) is 13.7. The molecule has 114 valence electrons. The van der Waals surface area contributed by atoms with Crippen molar-refractivity contribution in [3.8, 4) is 0 Å². The minimum Gasteiger partial charge on any atom is -0.387 e. The van der Waals surface area contributed by atoms with Crippen molar-refractivity contribution in [1.82, 2.24) is 9.80 Å². The molecule has 0 radical (unpaired) electrons. The van der Waals surface area contributed by atoms with Gasteiger partial charge < -0.3 is 10.0 Å². The van der Waals surface area contributed by atoms with E-state index in [-0.39, 0.29) is 0 Å². The minimum absolute atomic E-state index is 0.401. The summed E-state index contributed by atoms with van der Waals surface area (Å²) >= 11 is 0. The van der Waals surface area contributed by atoms with Crippen molar-refractivity contribution >= 4 is 0 Å². The third-order valence-electron chi connectivity index (χ3n) is 3.46. The SMILES string of the molecule is CCCN(CCN(C)C)CC(O)c1cc(C)cc(C)c1. The van der Waals surface area contributed by atoms with Gasteiger partial charge in [-0.25, -0.2) is 0 Å². The van der Waals surface area contributed by atoms with E-state index < -0.39 is 6.10 Å². The molecule has 0 bridgehead atoms. The Morgan fingerprint density at radius 3 is 2.10 bits per heavy atom. The van der Waals surface area contributed by atoms with Crippen molar-refractivity contribution < 1.29 is 5.11 Å². The molecule has 0 aliphatic carbocycles. The fourth-order valence-corrected chi connectivity index (χ4v) is 2.50. The zero-order chi connectivity index (χ0) is 15.1. The predicted molar refractivity (Wildman–Crippen MR) is 86.2 cm³/mol. The first-order valence-electron chi connectivity index (χ1n) is 7.55. The van der Waals surface area contributed by atoms with Gasteiger partial charge in [0.05, 0.1) is 6.10 Å². The van der Waals surface area contributed by atoms with Crippen LogP contribution < -0.4 is 0 Å². The second-order valence-corrected chi connectivity index (χ2v) is 6.04. The van der Waals surface area contributed by atoms with E-state index in [9.17, 15) is 5.11 Å². The van der Waals surface area contributed by atoms with Gasteiger partial charge in [-0.15, -0.1) is 0 Å². The molecule has 0 amide bonds. The first-order valence-corrected chi connectivity index (χ1v) is 7.55. The standard InChI is InChI=1S/C17H30N2O/c1-6-7-19(9-8-18(4)5)13-17(20)16-11-14(2)10-15(3)12-16/h10-12,17,20H,6-9,13H2,1-5H3. The number of benzene rings is 1. The zero-order valence-corrected chi connectivity index (χ0v) is 13.7. The highest BCUT2D eigenvalue weighted by Crippen LogP contribution is 2.18. The molecule has 0 spiro atoms. The van der Waals surface area contributed by atoms with Gasteiger partial charge in [-0.3, -0.25) is 4.90 Å². The molecule has 20 heavy (non-hydrogen) atoms. The van der Waals surface area contributed by atoms with E-state index in [0.717, 1.165) is 31.6 Å². The van der Waals surface area contributed by atoms with E-state index in [0.29, 0.717) is 6.54 Å². The van der Waals surface area contributed by atoms with E-state index in [1.165, 1.54) is 11.1 Å². The highest BCUT2D eigenvalue weighted by Gasteiger charge is 2.14. The molecule has 1 unspecified atom stereocenters. The maximum atomic E-state index is 10.5. The van der Waals surface area contributed by atoms with Crippen LogP contribution in [0, 0.1) is 13.8 Å². The summed E-state index contributed by atoms with van der Waals surface area (Å²) in [6, 6.07) is 6.33. The van der Waals surface area contributed by atoms with Gasteiger partial charge in [-0.2, -0.15) is 0 Å². The van der Waals surface area contributed by atoms with E-state index >= 15 is 0 Å². The van der Waals surface area contributed by atoms with Crippen LogP contribution in [0.25, 0.3) is 0 Å². The molecule has 0 aromatic heterocycles. The molecule has 1 atom stereocenters. The second kappa shape index (κ2) is 8.40. The summed E-state index contributed by atoms with van der Waals surface area (Å²) in [4.78, 5) is 4.54. The van der Waals surface area contributed by atoms with Crippen LogP contribution in [-0.4, -0.2) is 55.2 Å². The molecule has 1 N–H and O–H groups in total. The monoisotopic (exact) mass is 278 g/mol. The molecule has 0 saturated carbocycles. The molecule has 0 fully saturated rings. The summed E-state index contributed by atoms with van der Waals surface area (Å²) in [5, 5.41) is 10.5. The lowest BCUT2D eigenvalue weighted by Crippen LogP contribution is -2.35. The van der Waals surface area contributed by atoms with E-state index in [1.807, 2.05) is 0 Å². The highest BCUT2D eigenvalue weighted by molar-refractivity contribution is 5.30. The van der Waals surface area contributed by atoms with Crippen LogP contribution in [0.15, 0.2) is 18.2 Å². The Hall–Kier alpha value is -0.900. The molecule has 3 nitrogen and oxygen atoms in total. The van der Waals surface area contributed by atoms with Gasteiger partial charge in [0.25, 0.3) is 0 Å². The van der Waals surface area contributed by atoms with Crippen LogP contribution in [0.2, 0.25) is 0 Å². The van der Waals surface area contributed by atoms with Crippen molar-refractivity contribution in [2.45, 2.75) is 33.3 Å². The Bertz CT molecular complexity index is 384. The molecule has 0 heterocycles. The Labute approximate surface area is 124 Å². The first kappa shape index (κ1) is 17.2. The van der Waals surface area contributed by atoms with Gasteiger partial charge >= 0.3 is 0 Å². The molecular weight excluding hydrogens is 248 g/mol. The van der Waals surface area contributed by atoms with Crippen LogP contribution in [0.1, 0.15) is 36.1 Å². The fraction of sp³-hybridized carbons (Fsp3) is 0.647. The van der Waals surface area contributed by atoms with Gasteiger partial charge in [0.2, 0.25) is 0 Å². The van der Waals surface area contributed by atoms with Gasteiger partial charge in [-0.05, 0) is 46.5 Å². The van der Waals surface area contributed by atoms with Gasteiger partial charge in [0.15, 0.2) is 0 Å². The van der Waals surface area contributed by atoms with E-state index in [4.69, 9.17) is 0 Å². The molecule has 1 aromatic rings. The number of aliphatic hydroxyl groups is 1. The highest BCUT2D eigenvalue weighted by atomic mass is 16.3. The maximum absolute atomic E-state index is 10.5. The smallest absolute Gasteiger partial charge is 0.0917 e. The van der Waals surface area contributed by atoms with Crippen LogP contribution >= 0.6 is 0 Å². The summed E-state index contributed by atoms with van der Waals surface area (Å²) < 4.78 is 0. The molecule has 0 aliphatic heterocycles. The second-order valence-electron chi connectivity index (χ2n) is 6.04. The Balaban J connectivity index is 2.66. The number of rotatable bonds is 8. The molecule has 3 heteroatoms. The number of hydrogen-bond acceptors (Lipinski definition) is 3. The lowest BCUT2D eigenvalue weighted by atomic mass is 10.0. The Morgan fingerprint density at radius 2 is 1.60 bits per heavy atom. The van der Waals surface area contributed by atoms with Crippen LogP contribution in [0.3, 0.4) is 0 Å². The summed E-state index contributed by atoms with van der Waals surface area (Å²) in [7, 11) is 4.18. The number of aliphatic hydroxyl groups excluding tert-OH is 1. The number of aryl methyl sites for hydroxylation is 2. The van der Waals surface area contributed by atoms with Crippen LogP contribution in [0.5, 0.6) is 0 Å². The van der Waals surface area contributed by atoms with Gasteiger partial charge in [0, 0.05) is 19.6 Å². The third kappa shape index (κ3) is 6.04. The van der Waals surface area contributed by atoms with Crippen molar-refractivity contribution in [2.24, 2.45) is 0 Å². The normalized spacial score (nSPS) is 13.2. The predicted octanol–water partition coefficient (Wildman–Crippen LogP) is 2.61. The van der Waals surface area contributed by atoms with Crippen molar-refractivity contribution in [3.05, 3.63) is 34.9 Å². The van der Waals surface area contributed by atoms with Gasteiger partial charge in [-0.1, -0.05) is 36.2 Å². The molecule has 1 rings (SSSR count). The first-order chi connectivity index (χ1) is 9.42. The lowest BCUT2D eigenvalue weighted by Gasteiger charge is -2.26. The lowest BCUT2D eigenvalue weighted by molar-refractivity contribution is 0.108. The Morgan fingerprint density at radius 1 is 1.00 bits per heavy atom. The summed E-state index contributed by atoms with van der Waals surface area (Å²) in [5.41, 5.74) is 3.47. The van der Waals surface area contributed by atoms with E-state index in [1.54, 1.807) is 0 Å². The number of likely N-dealkylation sites (N-methyl/N-ethyl adjacent to an activating group) is 1. The summed E-state index contributed by atoms with van der Waals surface area (Å²) in [5.74, 6) is 0. The molecule has 1 aromatic carbocycles. The fourth-order valence-electron chi connectivity index (χ4n) is 2.50. The topological polar surface area (TPSA) is 26.7 Å². The summed E-state index contributed by atoms with van der Waals surface area (Å²) in [6.07, 6.45) is 0.717. The third-order valence-corrected chi connectivity index (χ3v) is 3.46. The molecule has 0 saturated heterocycles. The van der Waals surface area contributed by atoms with Crippen LogP contribution in [-0.2, 0) is 0 Å². The average molecular weight is 278 g/mol. The maximum Gasteiger partial charge on any atom is 0.0917 e. The van der Waals surface area contributed by atoms with Crippen molar-refractivity contribution in [3.63, 3.8) is 0 Å². The Kier molecular flexibility index (Phi) is 7.20. The largest absolute Gasteiger partial charge is 0.387 e. The molecule has 0 aliphatic rings. The number of hydrogen-bond donors (Lipinski definition) is 1. The van der Waals surface area contributed by atoms with Crippen molar-refractivity contribution in [2.75, 3.05) is 40.3 Å². The van der Waals surface area contributed by atoms with E-state index in [2.05, 4.69) is 62.9 Å². The van der Waals surface area contributed by atoms with Gasteiger partial charge in [0.1, 0.15) is 0 Å². The molecular formula is C17H30N2O.